The summed E-state index contributed by atoms with van der Waals surface area (Å²) in [5.74, 6) is 0.759. The van der Waals surface area contributed by atoms with Gasteiger partial charge in [0.1, 0.15) is 5.75 Å². The van der Waals surface area contributed by atoms with Crippen LogP contribution in [0, 0.1) is 0 Å². The molecule has 29 heavy (non-hydrogen) atoms. The Morgan fingerprint density at radius 3 is 2.41 bits per heavy atom. The van der Waals surface area contributed by atoms with Crippen molar-refractivity contribution in [2.45, 2.75) is 12.8 Å². The maximum atomic E-state index is 12.6. The van der Waals surface area contributed by atoms with Gasteiger partial charge in [0.05, 0.1) is 7.11 Å². The van der Waals surface area contributed by atoms with E-state index in [1.165, 1.54) is 0 Å². The first-order chi connectivity index (χ1) is 14.1. The third-order valence-electron chi connectivity index (χ3n) is 5.02. The van der Waals surface area contributed by atoms with Crippen LogP contribution in [0.3, 0.4) is 0 Å². The van der Waals surface area contributed by atoms with Crippen molar-refractivity contribution < 1.29 is 14.3 Å². The molecular weight excluding hydrogens is 434 g/mol. The number of carbonyl (C=O) groups excluding carboxylic acids is 2. The summed E-state index contributed by atoms with van der Waals surface area (Å²) in [6.07, 6.45) is 1.23. The number of benzene rings is 2. The minimum absolute atomic E-state index is 0.0812. The van der Waals surface area contributed by atoms with E-state index in [2.05, 4.69) is 26.1 Å². The van der Waals surface area contributed by atoms with Gasteiger partial charge in [-0.1, -0.05) is 15.9 Å². The van der Waals surface area contributed by atoms with Crippen molar-refractivity contribution >= 4 is 33.4 Å². The molecule has 1 N–H and O–H groups in total. The summed E-state index contributed by atoms with van der Waals surface area (Å²) in [6.45, 7) is 3.48. The molecule has 0 spiro atoms. The standard InChI is InChI=1S/C22H26BrN3O3/c1-29-20-9-7-19(8-10-20)25-13-2-14-26(16-15-25)21(27)11-12-24-22(28)17-3-5-18(23)6-4-17/h3-10H,2,11-16H2,1H3,(H,24,28). The number of anilines is 1. The number of hydrogen-bond acceptors (Lipinski definition) is 4. The highest BCUT2D eigenvalue weighted by Crippen LogP contribution is 2.20. The lowest BCUT2D eigenvalue weighted by molar-refractivity contribution is -0.130. The summed E-state index contributed by atoms with van der Waals surface area (Å²) in [6, 6.07) is 15.2. The predicted molar refractivity (Wildman–Crippen MR) is 117 cm³/mol. The molecule has 0 radical (unpaired) electrons. The summed E-state index contributed by atoms with van der Waals surface area (Å²) >= 11 is 3.35. The van der Waals surface area contributed by atoms with Crippen LogP contribution in [0.25, 0.3) is 0 Å². The third kappa shape index (κ3) is 5.97. The minimum Gasteiger partial charge on any atom is -0.497 e. The molecule has 1 aliphatic heterocycles. The fourth-order valence-electron chi connectivity index (χ4n) is 3.36. The molecule has 2 aromatic rings. The smallest absolute Gasteiger partial charge is 0.251 e. The highest BCUT2D eigenvalue weighted by Gasteiger charge is 2.19. The fourth-order valence-corrected chi connectivity index (χ4v) is 3.63. The first kappa shape index (κ1) is 21.2. The molecule has 1 saturated heterocycles. The van der Waals surface area contributed by atoms with Gasteiger partial charge in [0.15, 0.2) is 0 Å². The number of rotatable bonds is 6. The van der Waals surface area contributed by atoms with E-state index in [1.807, 2.05) is 41.3 Å². The molecule has 0 aliphatic carbocycles. The fraction of sp³-hybridized carbons (Fsp3) is 0.364. The Labute approximate surface area is 180 Å². The van der Waals surface area contributed by atoms with Crippen LogP contribution in [0.15, 0.2) is 53.0 Å². The molecule has 154 valence electrons. The maximum absolute atomic E-state index is 12.6. The Morgan fingerprint density at radius 1 is 1.00 bits per heavy atom. The Balaban J connectivity index is 1.45. The molecule has 3 rings (SSSR count). The Hall–Kier alpha value is -2.54. The normalized spacial score (nSPS) is 14.3. The average molecular weight is 460 g/mol. The molecule has 1 aliphatic rings. The summed E-state index contributed by atoms with van der Waals surface area (Å²) in [5, 5.41) is 2.83. The van der Waals surface area contributed by atoms with Gasteiger partial charge in [-0.25, -0.2) is 0 Å². The maximum Gasteiger partial charge on any atom is 0.251 e. The minimum atomic E-state index is -0.160. The molecule has 2 amide bonds. The number of hydrogen-bond donors (Lipinski definition) is 1. The van der Waals surface area contributed by atoms with Crippen LogP contribution in [0.4, 0.5) is 5.69 Å². The summed E-state index contributed by atoms with van der Waals surface area (Å²) in [7, 11) is 1.66. The van der Waals surface area contributed by atoms with E-state index in [0.29, 0.717) is 25.1 Å². The lowest BCUT2D eigenvalue weighted by Gasteiger charge is -2.24. The highest BCUT2D eigenvalue weighted by atomic mass is 79.9. The number of nitrogens with zero attached hydrogens (tertiary/aromatic N) is 2. The van der Waals surface area contributed by atoms with Crippen LogP contribution in [-0.4, -0.2) is 56.5 Å². The topological polar surface area (TPSA) is 61.9 Å². The van der Waals surface area contributed by atoms with E-state index < -0.39 is 0 Å². The monoisotopic (exact) mass is 459 g/mol. The van der Waals surface area contributed by atoms with Gasteiger partial charge in [0, 0.05) is 54.9 Å². The first-order valence-corrected chi connectivity index (χ1v) is 10.6. The van der Waals surface area contributed by atoms with Crippen LogP contribution in [0.5, 0.6) is 5.75 Å². The van der Waals surface area contributed by atoms with Crippen LogP contribution < -0.4 is 15.0 Å². The predicted octanol–water partition coefficient (Wildman–Crippen LogP) is 3.32. The van der Waals surface area contributed by atoms with Gasteiger partial charge < -0.3 is 19.9 Å². The Morgan fingerprint density at radius 2 is 1.72 bits per heavy atom. The number of ether oxygens (including phenoxy) is 1. The zero-order valence-corrected chi connectivity index (χ0v) is 18.2. The number of nitrogens with one attached hydrogen (secondary N) is 1. The van der Waals surface area contributed by atoms with E-state index in [0.717, 1.165) is 42.0 Å². The molecular formula is C22H26BrN3O3. The van der Waals surface area contributed by atoms with Crippen molar-refractivity contribution in [3.05, 3.63) is 58.6 Å². The van der Waals surface area contributed by atoms with Gasteiger partial charge >= 0.3 is 0 Å². The van der Waals surface area contributed by atoms with Crippen LogP contribution in [0.2, 0.25) is 0 Å². The molecule has 0 saturated carbocycles. The van der Waals surface area contributed by atoms with E-state index in [4.69, 9.17) is 4.74 Å². The molecule has 0 unspecified atom stereocenters. The summed E-state index contributed by atoms with van der Waals surface area (Å²) in [5.41, 5.74) is 1.73. The van der Waals surface area contributed by atoms with Crippen molar-refractivity contribution in [1.29, 1.82) is 0 Å². The van der Waals surface area contributed by atoms with Gasteiger partial charge in [-0.05, 0) is 55.0 Å². The Kier molecular flexibility index (Phi) is 7.52. The molecule has 1 fully saturated rings. The van der Waals surface area contributed by atoms with Crippen molar-refractivity contribution in [2.75, 3.05) is 44.7 Å². The average Bonchev–Trinajstić information content (AvgIpc) is 3.00. The number of amides is 2. The zero-order chi connectivity index (χ0) is 20.6. The van der Waals surface area contributed by atoms with Gasteiger partial charge in [-0.2, -0.15) is 0 Å². The van der Waals surface area contributed by atoms with E-state index in [1.54, 1.807) is 19.2 Å². The van der Waals surface area contributed by atoms with Crippen LogP contribution in [-0.2, 0) is 4.79 Å². The second-order valence-corrected chi connectivity index (χ2v) is 7.85. The van der Waals surface area contributed by atoms with Crippen molar-refractivity contribution in [2.24, 2.45) is 0 Å². The quantitative estimate of drug-likeness (QED) is 0.719. The third-order valence-corrected chi connectivity index (χ3v) is 5.55. The second-order valence-electron chi connectivity index (χ2n) is 6.93. The molecule has 1 heterocycles. The molecule has 2 aromatic carbocycles. The molecule has 0 bridgehead atoms. The van der Waals surface area contributed by atoms with E-state index in [9.17, 15) is 9.59 Å². The SMILES string of the molecule is COc1ccc(N2CCCN(C(=O)CCNC(=O)c3ccc(Br)cc3)CC2)cc1. The lowest BCUT2D eigenvalue weighted by Crippen LogP contribution is -2.37. The van der Waals surface area contributed by atoms with Crippen molar-refractivity contribution in [1.82, 2.24) is 10.2 Å². The second kappa shape index (κ2) is 10.3. The Bertz CT molecular complexity index is 824. The number of halogens is 1. The van der Waals surface area contributed by atoms with Crippen molar-refractivity contribution in [3.63, 3.8) is 0 Å². The molecule has 0 atom stereocenters. The van der Waals surface area contributed by atoms with E-state index >= 15 is 0 Å². The highest BCUT2D eigenvalue weighted by molar-refractivity contribution is 9.10. The van der Waals surface area contributed by atoms with Crippen LogP contribution in [0.1, 0.15) is 23.2 Å². The van der Waals surface area contributed by atoms with Gasteiger partial charge in [-0.15, -0.1) is 0 Å². The number of methoxy groups -OCH3 is 1. The summed E-state index contributed by atoms with van der Waals surface area (Å²) in [4.78, 5) is 28.9. The largest absolute Gasteiger partial charge is 0.497 e. The van der Waals surface area contributed by atoms with Gasteiger partial charge in [-0.3, -0.25) is 9.59 Å². The van der Waals surface area contributed by atoms with Gasteiger partial charge in [0.25, 0.3) is 5.91 Å². The number of carbonyl (C=O) groups is 2. The lowest BCUT2D eigenvalue weighted by atomic mass is 10.2. The molecule has 0 aromatic heterocycles. The van der Waals surface area contributed by atoms with Crippen molar-refractivity contribution in [3.8, 4) is 5.75 Å². The summed E-state index contributed by atoms with van der Waals surface area (Å²) < 4.78 is 6.14. The zero-order valence-electron chi connectivity index (χ0n) is 16.6. The van der Waals surface area contributed by atoms with Gasteiger partial charge in [0.2, 0.25) is 5.91 Å². The molecule has 7 heteroatoms. The molecule has 6 nitrogen and oxygen atoms in total. The first-order valence-electron chi connectivity index (χ1n) is 9.77. The van der Waals surface area contributed by atoms with E-state index in [-0.39, 0.29) is 11.8 Å². The van der Waals surface area contributed by atoms with Crippen LogP contribution >= 0.6 is 15.9 Å².